The molecule has 2 heterocycles. The number of nitrogens with zero attached hydrogens (tertiary/aromatic N) is 2. The SMILES string of the molecule is Cc1cc(NS(=O)(=O)c2ccc(NC(=O)c3c(O)c(C)c(C)[nH]c3=O)cc2)nc(C)n1. The molecule has 0 unspecified atom stereocenters. The van der Waals surface area contributed by atoms with E-state index in [1.165, 1.54) is 30.3 Å². The molecule has 31 heavy (non-hydrogen) atoms. The van der Waals surface area contributed by atoms with Gasteiger partial charge in [-0.3, -0.25) is 14.3 Å². The van der Waals surface area contributed by atoms with Gasteiger partial charge in [0, 0.05) is 28.7 Å². The van der Waals surface area contributed by atoms with Crippen molar-refractivity contribution in [3.05, 3.63) is 69.0 Å². The number of carbonyl (C=O) groups is 1. The number of nitrogens with one attached hydrogen (secondary N) is 3. The first-order valence-corrected chi connectivity index (χ1v) is 10.6. The fourth-order valence-electron chi connectivity index (χ4n) is 2.89. The van der Waals surface area contributed by atoms with Gasteiger partial charge in [0.25, 0.3) is 21.5 Å². The van der Waals surface area contributed by atoms with Crippen LogP contribution in [0.15, 0.2) is 40.0 Å². The number of aromatic amines is 1. The third-order valence-electron chi connectivity index (χ3n) is 4.54. The van der Waals surface area contributed by atoms with E-state index in [4.69, 9.17) is 0 Å². The number of H-pyrrole nitrogens is 1. The molecule has 0 fully saturated rings. The van der Waals surface area contributed by atoms with Crippen molar-refractivity contribution >= 4 is 27.4 Å². The standard InChI is InChI=1S/C20H21N5O5S/c1-10-9-16(23-13(4)21-10)25-31(29,30)15-7-5-14(6-8-15)24-20(28)17-18(26)11(2)12(3)22-19(17)27/h5-9H,1-4H3,(H,24,28)(H,21,23,25)(H2,22,26,27). The van der Waals surface area contributed by atoms with E-state index in [1.54, 1.807) is 27.7 Å². The number of anilines is 2. The van der Waals surface area contributed by atoms with E-state index in [9.17, 15) is 23.1 Å². The lowest BCUT2D eigenvalue weighted by molar-refractivity contribution is 0.102. The molecule has 1 aromatic carbocycles. The molecule has 10 nitrogen and oxygen atoms in total. The second-order valence-electron chi connectivity index (χ2n) is 6.95. The summed E-state index contributed by atoms with van der Waals surface area (Å²) in [5.74, 6) is -0.646. The average molecular weight is 443 g/mol. The monoisotopic (exact) mass is 443 g/mol. The van der Waals surface area contributed by atoms with Gasteiger partial charge >= 0.3 is 0 Å². The molecule has 0 aliphatic heterocycles. The smallest absolute Gasteiger partial charge is 0.265 e. The molecule has 0 aliphatic carbocycles. The maximum atomic E-state index is 12.6. The number of hydrogen-bond donors (Lipinski definition) is 4. The molecule has 162 valence electrons. The molecule has 0 spiro atoms. The van der Waals surface area contributed by atoms with Crippen LogP contribution in [0.1, 0.15) is 33.1 Å². The second kappa shape index (κ2) is 8.19. The Morgan fingerprint density at radius 1 is 1.06 bits per heavy atom. The van der Waals surface area contributed by atoms with Gasteiger partial charge in [0.1, 0.15) is 23.0 Å². The molecule has 3 rings (SSSR count). The molecule has 11 heteroatoms. The molecular formula is C20H21N5O5S. The van der Waals surface area contributed by atoms with Crippen LogP contribution in [0.4, 0.5) is 11.5 Å². The lowest BCUT2D eigenvalue weighted by atomic mass is 10.1. The first-order chi connectivity index (χ1) is 14.5. The maximum absolute atomic E-state index is 12.6. The van der Waals surface area contributed by atoms with Crippen LogP contribution in [0, 0.1) is 27.7 Å². The number of aryl methyl sites for hydroxylation is 3. The Labute approximate surface area is 178 Å². The highest BCUT2D eigenvalue weighted by Crippen LogP contribution is 2.22. The zero-order valence-electron chi connectivity index (χ0n) is 17.3. The Morgan fingerprint density at radius 3 is 2.32 bits per heavy atom. The molecule has 1 amide bonds. The molecule has 0 aliphatic rings. The first kappa shape index (κ1) is 22.0. The zero-order chi connectivity index (χ0) is 22.9. The number of pyridine rings is 1. The summed E-state index contributed by atoms with van der Waals surface area (Å²) in [7, 11) is -3.92. The van der Waals surface area contributed by atoms with Crippen molar-refractivity contribution in [3.63, 3.8) is 0 Å². The zero-order valence-corrected chi connectivity index (χ0v) is 18.1. The summed E-state index contributed by atoms with van der Waals surface area (Å²) < 4.78 is 27.6. The Hall–Kier alpha value is -3.73. The molecule has 0 radical (unpaired) electrons. The number of sulfonamides is 1. The Bertz CT molecular complexity index is 1310. The van der Waals surface area contributed by atoms with Crippen molar-refractivity contribution in [1.29, 1.82) is 0 Å². The van der Waals surface area contributed by atoms with Gasteiger partial charge in [-0.1, -0.05) is 0 Å². The number of amides is 1. The largest absolute Gasteiger partial charge is 0.507 e. The molecule has 0 bridgehead atoms. The third-order valence-corrected chi connectivity index (χ3v) is 5.91. The van der Waals surface area contributed by atoms with E-state index in [0.717, 1.165) is 0 Å². The van der Waals surface area contributed by atoms with Crippen LogP contribution in [0.5, 0.6) is 5.75 Å². The Morgan fingerprint density at radius 2 is 1.71 bits per heavy atom. The number of rotatable bonds is 5. The Kier molecular flexibility index (Phi) is 5.80. The summed E-state index contributed by atoms with van der Waals surface area (Å²) >= 11 is 0. The van der Waals surface area contributed by atoms with E-state index in [2.05, 4.69) is 25.0 Å². The molecule has 4 N–H and O–H groups in total. The van der Waals surface area contributed by atoms with Crippen molar-refractivity contribution < 1.29 is 18.3 Å². The number of hydrogen-bond acceptors (Lipinski definition) is 7. The van der Waals surface area contributed by atoms with Crippen LogP contribution in [-0.4, -0.2) is 34.4 Å². The lowest BCUT2D eigenvalue weighted by Gasteiger charge is -2.11. The van der Waals surface area contributed by atoms with Crippen LogP contribution < -0.4 is 15.6 Å². The van der Waals surface area contributed by atoms with Gasteiger partial charge in [-0.2, -0.15) is 0 Å². The predicted octanol–water partition coefficient (Wildman–Crippen LogP) is 2.16. The van der Waals surface area contributed by atoms with E-state index in [-0.39, 0.29) is 16.4 Å². The number of carbonyl (C=O) groups excluding carboxylic acids is 1. The molecular weight excluding hydrogens is 422 g/mol. The minimum atomic E-state index is -3.92. The quantitative estimate of drug-likeness (QED) is 0.471. The van der Waals surface area contributed by atoms with Gasteiger partial charge in [-0.25, -0.2) is 18.4 Å². The van der Waals surface area contributed by atoms with E-state index >= 15 is 0 Å². The predicted molar refractivity (Wildman–Crippen MR) is 115 cm³/mol. The highest BCUT2D eigenvalue weighted by Gasteiger charge is 2.20. The summed E-state index contributed by atoms with van der Waals surface area (Å²) in [6.07, 6.45) is 0. The van der Waals surface area contributed by atoms with Crippen LogP contribution in [0.2, 0.25) is 0 Å². The van der Waals surface area contributed by atoms with Crippen molar-refractivity contribution in [2.75, 3.05) is 10.0 Å². The summed E-state index contributed by atoms with van der Waals surface area (Å²) in [5.41, 5.74) is 0.554. The first-order valence-electron chi connectivity index (χ1n) is 9.17. The van der Waals surface area contributed by atoms with Crippen LogP contribution in [0.3, 0.4) is 0 Å². The van der Waals surface area contributed by atoms with Gasteiger partial charge in [0.15, 0.2) is 0 Å². The normalized spacial score (nSPS) is 11.2. The van der Waals surface area contributed by atoms with Gasteiger partial charge in [-0.15, -0.1) is 0 Å². The van der Waals surface area contributed by atoms with Crippen molar-refractivity contribution in [2.24, 2.45) is 0 Å². The summed E-state index contributed by atoms with van der Waals surface area (Å²) in [6, 6.07) is 6.84. The molecule has 0 atom stereocenters. The van der Waals surface area contributed by atoms with Gasteiger partial charge in [0.2, 0.25) is 0 Å². The second-order valence-corrected chi connectivity index (χ2v) is 8.64. The van der Waals surface area contributed by atoms with Gasteiger partial charge in [-0.05, 0) is 52.0 Å². The van der Waals surface area contributed by atoms with E-state index in [1.807, 2.05) is 0 Å². The lowest BCUT2D eigenvalue weighted by Crippen LogP contribution is -2.24. The topological polar surface area (TPSA) is 154 Å². The highest BCUT2D eigenvalue weighted by atomic mass is 32.2. The summed E-state index contributed by atoms with van der Waals surface area (Å²) in [6.45, 7) is 6.56. The average Bonchev–Trinajstić information content (AvgIpc) is 2.65. The molecule has 2 aromatic heterocycles. The van der Waals surface area contributed by atoms with Crippen LogP contribution in [-0.2, 0) is 10.0 Å². The van der Waals surface area contributed by atoms with Gasteiger partial charge < -0.3 is 15.4 Å². The number of aromatic hydroxyl groups is 1. The summed E-state index contributed by atoms with van der Waals surface area (Å²) in [5, 5.41) is 12.6. The van der Waals surface area contributed by atoms with Crippen molar-refractivity contribution in [1.82, 2.24) is 15.0 Å². The maximum Gasteiger partial charge on any atom is 0.265 e. The van der Waals surface area contributed by atoms with E-state index < -0.39 is 32.8 Å². The molecule has 0 saturated carbocycles. The van der Waals surface area contributed by atoms with E-state index in [0.29, 0.717) is 22.8 Å². The van der Waals surface area contributed by atoms with Crippen molar-refractivity contribution in [2.45, 2.75) is 32.6 Å². The van der Waals surface area contributed by atoms with Crippen LogP contribution >= 0.6 is 0 Å². The molecule has 0 saturated heterocycles. The Balaban J connectivity index is 1.81. The minimum absolute atomic E-state index is 0.0497. The van der Waals surface area contributed by atoms with Crippen LogP contribution in [0.25, 0.3) is 0 Å². The number of aromatic nitrogens is 3. The summed E-state index contributed by atoms with van der Waals surface area (Å²) in [4.78, 5) is 35.1. The third kappa shape index (κ3) is 4.72. The highest BCUT2D eigenvalue weighted by molar-refractivity contribution is 7.92. The minimum Gasteiger partial charge on any atom is -0.507 e. The fourth-order valence-corrected chi connectivity index (χ4v) is 3.88. The number of benzene rings is 1. The fraction of sp³-hybridized carbons (Fsp3) is 0.200. The molecule has 3 aromatic rings. The van der Waals surface area contributed by atoms with Gasteiger partial charge in [0.05, 0.1) is 4.90 Å². The van der Waals surface area contributed by atoms with Crippen molar-refractivity contribution in [3.8, 4) is 5.75 Å².